The van der Waals surface area contributed by atoms with Gasteiger partial charge < -0.3 is 4.74 Å². The monoisotopic (exact) mass is 231 g/mol. The second-order valence-corrected chi connectivity index (χ2v) is 4.44. The number of rotatable bonds is 4. The van der Waals surface area contributed by atoms with Gasteiger partial charge in [0.05, 0.1) is 7.11 Å². The van der Waals surface area contributed by atoms with Crippen LogP contribution in [-0.4, -0.2) is 13.2 Å². The van der Waals surface area contributed by atoms with Crippen LogP contribution >= 0.6 is 0 Å². The van der Waals surface area contributed by atoms with Crippen LogP contribution < -0.4 is 4.74 Å². The van der Waals surface area contributed by atoms with Gasteiger partial charge in [0, 0.05) is 5.56 Å². The van der Waals surface area contributed by atoms with Crippen molar-refractivity contribution in [3.63, 3.8) is 0 Å². The van der Waals surface area contributed by atoms with Gasteiger partial charge in [0.2, 0.25) is 6.08 Å². The molecule has 0 saturated heterocycles. The van der Waals surface area contributed by atoms with E-state index < -0.39 is 0 Å². The minimum absolute atomic E-state index is 0.377. The van der Waals surface area contributed by atoms with Gasteiger partial charge >= 0.3 is 0 Å². The van der Waals surface area contributed by atoms with E-state index in [1.807, 2.05) is 12.1 Å². The Labute approximate surface area is 102 Å². The highest BCUT2D eigenvalue weighted by molar-refractivity contribution is 5.49. The number of benzene rings is 1. The van der Waals surface area contributed by atoms with Crippen molar-refractivity contribution in [1.82, 2.24) is 0 Å². The van der Waals surface area contributed by atoms with E-state index in [4.69, 9.17) is 4.74 Å². The summed E-state index contributed by atoms with van der Waals surface area (Å²) in [5.41, 5.74) is 1.82. The molecule has 3 nitrogen and oxygen atoms in total. The number of nitrogens with zero attached hydrogens (tertiary/aromatic N) is 1. The molecule has 1 aliphatic rings. The van der Waals surface area contributed by atoms with Crippen molar-refractivity contribution < 1.29 is 9.53 Å². The van der Waals surface area contributed by atoms with Gasteiger partial charge in [0.1, 0.15) is 11.3 Å². The molecular formula is C14H17NO2. The van der Waals surface area contributed by atoms with Crippen molar-refractivity contribution in [1.29, 1.82) is 0 Å². The summed E-state index contributed by atoms with van der Waals surface area (Å²) in [6.07, 6.45) is 5.55. The lowest BCUT2D eigenvalue weighted by Crippen LogP contribution is -2.32. The summed E-state index contributed by atoms with van der Waals surface area (Å²) in [5, 5.41) is 0. The molecule has 17 heavy (non-hydrogen) atoms. The average molecular weight is 231 g/mol. The number of para-hydroxylation sites is 1. The highest BCUT2D eigenvalue weighted by atomic mass is 16.5. The van der Waals surface area contributed by atoms with Gasteiger partial charge in [-0.2, -0.15) is 4.99 Å². The second kappa shape index (κ2) is 4.72. The van der Waals surface area contributed by atoms with Crippen LogP contribution in [0.1, 0.15) is 37.3 Å². The predicted molar refractivity (Wildman–Crippen MR) is 66.0 cm³/mol. The first-order valence-electron chi connectivity index (χ1n) is 6.03. The third-order valence-corrected chi connectivity index (χ3v) is 3.62. The Morgan fingerprint density at radius 3 is 2.71 bits per heavy atom. The van der Waals surface area contributed by atoms with Gasteiger partial charge in [0.15, 0.2) is 0 Å². The third kappa shape index (κ3) is 1.87. The van der Waals surface area contributed by atoms with Crippen LogP contribution in [0.3, 0.4) is 0 Å². The van der Waals surface area contributed by atoms with E-state index in [-0.39, 0.29) is 5.54 Å². The van der Waals surface area contributed by atoms with Gasteiger partial charge in [-0.3, -0.25) is 0 Å². The number of ether oxygens (including phenoxy) is 1. The first-order valence-corrected chi connectivity index (χ1v) is 6.03. The van der Waals surface area contributed by atoms with Crippen molar-refractivity contribution in [3.8, 4) is 5.75 Å². The van der Waals surface area contributed by atoms with Crippen LogP contribution in [0.5, 0.6) is 5.75 Å². The second-order valence-electron chi connectivity index (χ2n) is 4.44. The highest BCUT2D eigenvalue weighted by Gasteiger charge is 2.41. The van der Waals surface area contributed by atoms with Crippen LogP contribution in [0.4, 0.5) is 0 Å². The fourth-order valence-electron chi connectivity index (χ4n) is 2.51. The Hall–Kier alpha value is -1.60. The van der Waals surface area contributed by atoms with Crippen LogP contribution in [0.15, 0.2) is 23.2 Å². The number of isocyanates is 1. The molecule has 1 fully saturated rings. The van der Waals surface area contributed by atoms with Gasteiger partial charge in [-0.05, 0) is 31.2 Å². The number of aryl methyl sites for hydroxylation is 1. The molecule has 90 valence electrons. The van der Waals surface area contributed by atoms with Gasteiger partial charge in [0.25, 0.3) is 0 Å². The summed E-state index contributed by atoms with van der Waals surface area (Å²) >= 11 is 0. The molecule has 1 aromatic rings. The summed E-state index contributed by atoms with van der Waals surface area (Å²) in [5.74, 6) is 0.883. The minimum atomic E-state index is -0.377. The van der Waals surface area contributed by atoms with Crippen molar-refractivity contribution in [2.24, 2.45) is 4.99 Å². The Morgan fingerprint density at radius 1 is 1.47 bits per heavy atom. The molecular weight excluding hydrogens is 214 g/mol. The van der Waals surface area contributed by atoms with Crippen molar-refractivity contribution in [2.75, 3.05) is 7.11 Å². The maximum absolute atomic E-state index is 10.6. The molecule has 1 aliphatic carbocycles. The van der Waals surface area contributed by atoms with E-state index >= 15 is 0 Å². The number of methoxy groups -OCH3 is 1. The average Bonchev–Trinajstić information content (AvgIpc) is 2.32. The maximum atomic E-state index is 10.6. The lowest BCUT2D eigenvalue weighted by molar-refractivity contribution is 0.245. The first-order chi connectivity index (χ1) is 8.27. The number of carbonyl (C=O) groups excluding carboxylic acids is 1. The van der Waals surface area contributed by atoms with Gasteiger partial charge in [-0.25, -0.2) is 4.79 Å². The third-order valence-electron chi connectivity index (χ3n) is 3.62. The van der Waals surface area contributed by atoms with E-state index in [1.54, 1.807) is 13.2 Å². The summed E-state index contributed by atoms with van der Waals surface area (Å²) in [4.78, 5) is 14.6. The Balaban J connectivity index is 2.54. The van der Waals surface area contributed by atoms with E-state index in [0.29, 0.717) is 0 Å². The smallest absolute Gasteiger partial charge is 0.235 e. The molecule has 0 spiro atoms. The molecule has 0 atom stereocenters. The SMILES string of the molecule is CCc1cccc(C2(N=C=O)CCC2)c1OC. The molecule has 0 unspecified atom stereocenters. The summed E-state index contributed by atoms with van der Waals surface area (Å²) < 4.78 is 5.51. The molecule has 1 aromatic carbocycles. The van der Waals surface area contributed by atoms with Crippen molar-refractivity contribution in [2.45, 2.75) is 38.1 Å². The molecule has 0 heterocycles. The molecule has 0 aliphatic heterocycles. The molecule has 2 rings (SSSR count). The maximum Gasteiger partial charge on any atom is 0.235 e. The molecule has 0 aromatic heterocycles. The zero-order valence-corrected chi connectivity index (χ0v) is 10.3. The van der Waals surface area contributed by atoms with Crippen molar-refractivity contribution in [3.05, 3.63) is 29.3 Å². The van der Waals surface area contributed by atoms with Crippen molar-refractivity contribution >= 4 is 6.08 Å². The molecule has 0 radical (unpaired) electrons. The fourth-order valence-corrected chi connectivity index (χ4v) is 2.51. The highest BCUT2D eigenvalue weighted by Crippen LogP contribution is 2.48. The zero-order chi connectivity index (χ0) is 12.3. The zero-order valence-electron chi connectivity index (χ0n) is 10.3. The molecule has 0 amide bonds. The number of hydrogen-bond acceptors (Lipinski definition) is 3. The fraction of sp³-hybridized carbons (Fsp3) is 0.500. The number of hydrogen-bond donors (Lipinski definition) is 0. The standard InChI is InChI=1S/C14H17NO2/c1-3-11-6-4-7-12(13(11)17-2)14(15-10-16)8-5-9-14/h4,6-7H,3,5,8-9H2,1-2H3. The normalized spacial score (nSPS) is 16.8. The Morgan fingerprint density at radius 2 is 2.24 bits per heavy atom. The lowest BCUT2D eigenvalue weighted by Gasteiger charge is -2.38. The van der Waals surface area contributed by atoms with Gasteiger partial charge in [-0.1, -0.05) is 25.1 Å². The van der Waals surface area contributed by atoms with Crippen LogP contribution in [0.25, 0.3) is 0 Å². The van der Waals surface area contributed by atoms with Crippen LogP contribution in [0.2, 0.25) is 0 Å². The molecule has 0 bridgehead atoms. The van der Waals surface area contributed by atoms with E-state index in [0.717, 1.165) is 42.6 Å². The predicted octanol–water partition coefficient (Wildman–Crippen LogP) is 2.97. The van der Waals surface area contributed by atoms with Gasteiger partial charge in [-0.15, -0.1) is 0 Å². The summed E-state index contributed by atoms with van der Waals surface area (Å²) in [6.45, 7) is 2.10. The largest absolute Gasteiger partial charge is 0.496 e. The molecule has 1 saturated carbocycles. The first kappa shape index (κ1) is 11.9. The Kier molecular flexibility index (Phi) is 3.30. The Bertz CT molecular complexity index is 457. The summed E-state index contributed by atoms with van der Waals surface area (Å²) in [7, 11) is 1.68. The van der Waals surface area contributed by atoms with E-state index in [1.165, 1.54) is 0 Å². The topological polar surface area (TPSA) is 38.7 Å². The van der Waals surface area contributed by atoms with Crippen LogP contribution in [-0.2, 0) is 16.8 Å². The van der Waals surface area contributed by atoms with Crippen LogP contribution in [0, 0.1) is 0 Å². The van der Waals surface area contributed by atoms with E-state index in [2.05, 4.69) is 18.0 Å². The summed E-state index contributed by atoms with van der Waals surface area (Å²) in [6, 6.07) is 6.08. The quantitative estimate of drug-likeness (QED) is 0.590. The minimum Gasteiger partial charge on any atom is -0.496 e. The lowest BCUT2D eigenvalue weighted by atomic mass is 9.71. The number of aliphatic imine (C=N–C) groups is 1. The molecule has 0 N–H and O–H groups in total. The molecule has 3 heteroatoms. The van der Waals surface area contributed by atoms with E-state index in [9.17, 15) is 4.79 Å².